The summed E-state index contributed by atoms with van der Waals surface area (Å²) < 4.78 is 27.3. The molecule has 2 aromatic carbocycles. The standard InChI is InChI=1S/C26H28O16/c27-9-4-12(30)16-14(5-9)40-22(8-1-2-10(28)11(29)3-8)24(18(16)33)42-23-13(31)6-38-26(21(23)36)39-7-15-17(32)19(34)20(35)25(37)41-15/h1-5,13,15,17,19-21,23,25-32,34-37H,6-7H2/t13-,15-,17+,19+,20-,21+,23-,25-,26-/m1/s1. The molecule has 2 aliphatic rings. The predicted octanol–water partition coefficient (Wildman–Crippen LogP) is -2.08. The Balaban J connectivity index is 1.46. The van der Waals surface area contributed by atoms with Crippen LogP contribution in [0.4, 0.5) is 0 Å². The Kier molecular flexibility index (Phi) is 8.17. The molecule has 0 saturated carbocycles. The van der Waals surface area contributed by atoms with Gasteiger partial charge >= 0.3 is 0 Å². The van der Waals surface area contributed by atoms with E-state index >= 15 is 0 Å². The molecule has 1 aromatic heterocycles. The SMILES string of the molecule is O=c1c(O[C@H]2[C@H](O)[C@@H](OC[C@H]3O[C@@H](O)[C@H](O)[C@@H](O)[C@H]3O)OC[C@H]2O)c(-c2ccc(O)c(O)c2)oc2cc(O)cc(O)c12. The van der Waals surface area contributed by atoms with Gasteiger partial charge in [0.2, 0.25) is 11.2 Å². The summed E-state index contributed by atoms with van der Waals surface area (Å²) in [7, 11) is 0. The Morgan fingerprint density at radius 3 is 2.29 bits per heavy atom. The van der Waals surface area contributed by atoms with E-state index in [-0.39, 0.29) is 16.9 Å². The Labute approximate surface area is 235 Å². The van der Waals surface area contributed by atoms with E-state index in [4.69, 9.17) is 23.4 Å². The average Bonchev–Trinajstić information content (AvgIpc) is 2.93. The van der Waals surface area contributed by atoms with Crippen molar-refractivity contribution in [2.75, 3.05) is 13.2 Å². The second-order valence-electron chi connectivity index (χ2n) is 9.84. The number of hydrogen-bond acceptors (Lipinski definition) is 16. The summed E-state index contributed by atoms with van der Waals surface area (Å²) in [5, 5.41) is 101. The summed E-state index contributed by atoms with van der Waals surface area (Å²) in [6, 6.07) is 5.31. The van der Waals surface area contributed by atoms with E-state index in [9.17, 15) is 55.9 Å². The van der Waals surface area contributed by atoms with Gasteiger partial charge in [-0.2, -0.15) is 0 Å². The predicted molar refractivity (Wildman–Crippen MR) is 136 cm³/mol. The Morgan fingerprint density at radius 2 is 1.57 bits per heavy atom. The fourth-order valence-corrected chi connectivity index (χ4v) is 4.69. The molecule has 2 saturated heterocycles. The minimum atomic E-state index is -1.84. The highest BCUT2D eigenvalue weighted by molar-refractivity contribution is 5.88. The smallest absolute Gasteiger partial charge is 0.239 e. The summed E-state index contributed by atoms with van der Waals surface area (Å²) >= 11 is 0. The lowest BCUT2D eigenvalue weighted by Crippen LogP contribution is -2.60. The molecule has 0 bridgehead atoms. The number of aliphatic hydroxyl groups excluding tert-OH is 6. The van der Waals surface area contributed by atoms with Gasteiger partial charge in [0.25, 0.3) is 0 Å². The molecule has 16 heteroatoms. The number of fused-ring (bicyclic) bond motifs is 1. The Morgan fingerprint density at radius 1 is 0.833 bits per heavy atom. The van der Waals surface area contributed by atoms with Crippen LogP contribution in [-0.2, 0) is 14.2 Å². The van der Waals surface area contributed by atoms with Gasteiger partial charge in [0, 0.05) is 17.7 Å². The van der Waals surface area contributed by atoms with Gasteiger partial charge in [-0.25, -0.2) is 0 Å². The number of phenolic OH excluding ortho intramolecular Hbond substituents is 4. The molecule has 0 aliphatic carbocycles. The van der Waals surface area contributed by atoms with Crippen molar-refractivity contribution in [2.24, 2.45) is 0 Å². The fourth-order valence-electron chi connectivity index (χ4n) is 4.69. The highest BCUT2D eigenvalue weighted by Crippen LogP contribution is 2.39. The second-order valence-corrected chi connectivity index (χ2v) is 9.84. The number of phenols is 4. The zero-order valence-corrected chi connectivity index (χ0v) is 21.4. The zero-order chi connectivity index (χ0) is 30.5. The molecule has 42 heavy (non-hydrogen) atoms. The van der Waals surface area contributed by atoms with Crippen LogP contribution in [0.3, 0.4) is 0 Å². The number of aliphatic hydroxyl groups is 6. The molecule has 0 amide bonds. The van der Waals surface area contributed by atoms with E-state index in [1.54, 1.807) is 0 Å². The van der Waals surface area contributed by atoms with Gasteiger partial charge in [0.1, 0.15) is 59.1 Å². The molecule has 10 N–H and O–H groups in total. The van der Waals surface area contributed by atoms with Gasteiger partial charge in [-0.3, -0.25) is 4.79 Å². The normalized spacial score (nSPS) is 31.7. The molecule has 0 spiro atoms. The monoisotopic (exact) mass is 596 g/mol. The summed E-state index contributed by atoms with van der Waals surface area (Å²) in [6.45, 7) is -1.06. The van der Waals surface area contributed by atoms with Gasteiger partial charge in [0.05, 0.1) is 13.2 Å². The van der Waals surface area contributed by atoms with Crippen molar-refractivity contribution in [1.29, 1.82) is 0 Å². The molecule has 3 aromatic rings. The number of ether oxygens (including phenoxy) is 4. The fraction of sp³-hybridized carbons (Fsp3) is 0.423. The molecule has 3 heterocycles. The summed E-state index contributed by atoms with van der Waals surface area (Å²) in [5.41, 5.74) is -1.27. The quantitative estimate of drug-likeness (QED) is 0.137. The largest absolute Gasteiger partial charge is 0.508 e. The van der Waals surface area contributed by atoms with Crippen LogP contribution in [0.15, 0.2) is 39.5 Å². The van der Waals surface area contributed by atoms with Crippen LogP contribution in [0.5, 0.6) is 28.7 Å². The number of aromatic hydroxyl groups is 4. The molecule has 228 valence electrons. The second kappa shape index (κ2) is 11.5. The highest BCUT2D eigenvalue weighted by atomic mass is 16.7. The molecule has 2 fully saturated rings. The Hall–Kier alpha value is -3.71. The molecule has 0 radical (unpaired) electrons. The average molecular weight is 596 g/mol. The number of benzene rings is 2. The van der Waals surface area contributed by atoms with Gasteiger partial charge in [-0.15, -0.1) is 0 Å². The van der Waals surface area contributed by atoms with Crippen molar-refractivity contribution in [2.45, 2.75) is 55.3 Å². The van der Waals surface area contributed by atoms with E-state index in [0.29, 0.717) is 0 Å². The first kappa shape index (κ1) is 29.8. The van der Waals surface area contributed by atoms with Crippen LogP contribution in [-0.4, -0.2) is 120 Å². The lowest BCUT2D eigenvalue weighted by molar-refractivity contribution is -0.311. The minimum Gasteiger partial charge on any atom is -0.508 e. The van der Waals surface area contributed by atoms with Crippen molar-refractivity contribution < 1.29 is 74.4 Å². The minimum absolute atomic E-state index is 0.00582. The number of hydrogen-bond donors (Lipinski definition) is 10. The highest BCUT2D eigenvalue weighted by Gasteiger charge is 2.46. The first-order valence-corrected chi connectivity index (χ1v) is 12.6. The van der Waals surface area contributed by atoms with Gasteiger partial charge in [-0.05, 0) is 18.2 Å². The molecular weight excluding hydrogens is 568 g/mol. The lowest BCUT2D eigenvalue weighted by atomic mass is 9.99. The number of rotatable bonds is 6. The van der Waals surface area contributed by atoms with Crippen molar-refractivity contribution >= 4 is 11.0 Å². The van der Waals surface area contributed by atoms with Crippen molar-refractivity contribution in [3.05, 3.63) is 40.6 Å². The molecule has 5 rings (SSSR count). The lowest BCUT2D eigenvalue weighted by Gasteiger charge is -2.40. The van der Waals surface area contributed by atoms with E-state index in [0.717, 1.165) is 24.3 Å². The van der Waals surface area contributed by atoms with Crippen LogP contribution in [0, 0.1) is 0 Å². The van der Waals surface area contributed by atoms with Crippen LogP contribution < -0.4 is 10.2 Å². The summed E-state index contributed by atoms with van der Waals surface area (Å²) in [5.74, 6) is -3.18. The maximum Gasteiger partial charge on any atom is 0.239 e. The molecule has 16 nitrogen and oxygen atoms in total. The maximum atomic E-state index is 13.6. The summed E-state index contributed by atoms with van der Waals surface area (Å²) in [6.07, 6.45) is -15.0. The van der Waals surface area contributed by atoms with Gasteiger partial charge in [0.15, 0.2) is 35.9 Å². The van der Waals surface area contributed by atoms with Crippen LogP contribution in [0.25, 0.3) is 22.3 Å². The molecular formula is C26H28O16. The van der Waals surface area contributed by atoms with Crippen LogP contribution in [0.1, 0.15) is 0 Å². The first-order valence-electron chi connectivity index (χ1n) is 12.6. The van der Waals surface area contributed by atoms with Gasteiger partial charge < -0.3 is 74.4 Å². The van der Waals surface area contributed by atoms with Crippen molar-refractivity contribution in [3.63, 3.8) is 0 Å². The Bertz CT molecular complexity index is 1510. The van der Waals surface area contributed by atoms with E-state index in [2.05, 4.69) is 0 Å². The third kappa shape index (κ3) is 5.42. The summed E-state index contributed by atoms with van der Waals surface area (Å²) in [4.78, 5) is 13.6. The third-order valence-electron chi connectivity index (χ3n) is 6.95. The molecule has 2 aliphatic heterocycles. The third-order valence-corrected chi connectivity index (χ3v) is 6.95. The van der Waals surface area contributed by atoms with Crippen LogP contribution in [0.2, 0.25) is 0 Å². The van der Waals surface area contributed by atoms with Crippen molar-refractivity contribution in [3.8, 4) is 40.1 Å². The van der Waals surface area contributed by atoms with Crippen LogP contribution >= 0.6 is 0 Å². The first-order chi connectivity index (χ1) is 19.9. The van der Waals surface area contributed by atoms with E-state index in [1.807, 2.05) is 0 Å². The topological polar surface area (TPSA) is 269 Å². The zero-order valence-electron chi connectivity index (χ0n) is 21.4. The van der Waals surface area contributed by atoms with E-state index < -0.39 is 108 Å². The van der Waals surface area contributed by atoms with E-state index in [1.165, 1.54) is 6.07 Å². The molecule has 9 atom stereocenters. The molecule has 0 unspecified atom stereocenters. The maximum absolute atomic E-state index is 13.6. The van der Waals surface area contributed by atoms with Gasteiger partial charge in [-0.1, -0.05) is 0 Å². The van der Waals surface area contributed by atoms with Crippen molar-refractivity contribution in [1.82, 2.24) is 0 Å².